The molecule has 0 aliphatic carbocycles. The minimum absolute atomic E-state index is 0.704. The molecule has 0 bridgehead atoms. The van der Waals surface area contributed by atoms with Gasteiger partial charge in [0.15, 0.2) is 0 Å². The van der Waals surface area contributed by atoms with Gasteiger partial charge in [0, 0.05) is 19.6 Å². The van der Waals surface area contributed by atoms with Crippen molar-refractivity contribution < 1.29 is 0 Å². The molecular weight excluding hydrogens is 172 g/mol. The average Bonchev–Trinajstić information content (AvgIpc) is 2.57. The van der Waals surface area contributed by atoms with E-state index in [1.165, 1.54) is 19.5 Å². The summed E-state index contributed by atoms with van der Waals surface area (Å²) in [6.45, 7) is 7.21. The molecule has 2 nitrogen and oxygen atoms in total. The van der Waals surface area contributed by atoms with Crippen LogP contribution in [-0.4, -0.2) is 43.0 Å². The van der Waals surface area contributed by atoms with Crippen LogP contribution in [0.2, 0.25) is 0 Å². The van der Waals surface area contributed by atoms with Gasteiger partial charge in [0.25, 0.3) is 0 Å². The van der Waals surface area contributed by atoms with Crippen LogP contribution in [0.3, 0.4) is 0 Å². The monoisotopic (exact) mass is 194 g/mol. The van der Waals surface area contributed by atoms with Crippen LogP contribution in [0.4, 0.5) is 0 Å². The molecule has 3 unspecified atom stereocenters. The quantitative estimate of drug-likeness (QED) is 0.628. The maximum absolute atomic E-state index is 2.52. The Hall–Kier alpha value is -0.500. The molecule has 2 heterocycles. The first-order chi connectivity index (χ1) is 6.59. The highest BCUT2D eigenvalue weighted by molar-refractivity contribution is 5.21. The van der Waals surface area contributed by atoms with E-state index in [9.17, 15) is 0 Å². The number of likely N-dealkylation sites (N-methyl/N-ethyl adjacent to an activating group) is 1. The number of likely N-dealkylation sites (tertiary alicyclic amines) is 1. The van der Waals surface area contributed by atoms with Crippen molar-refractivity contribution in [2.45, 2.75) is 26.3 Å². The molecule has 1 saturated heterocycles. The summed E-state index contributed by atoms with van der Waals surface area (Å²) in [5.74, 6) is 1.58. The smallest absolute Gasteiger partial charge is 0.0351 e. The first-order valence-corrected chi connectivity index (χ1v) is 5.71. The van der Waals surface area contributed by atoms with E-state index in [2.05, 4.69) is 43.9 Å². The Labute approximate surface area is 87.6 Å². The van der Waals surface area contributed by atoms with E-state index in [-0.39, 0.29) is 0 Å². The fraction of sp³-hybridized carbons (Fsp3) is 0.833. The standard InChI is InChI=1S/C12H22N2/c1-9-5-6-14(4)12(9)11-8-13(3)7-10(11)2/h8-10,12H,5-7H2,1-4H3. The molecule has 80 valence electrons. The number of hydrogen-bond donors (Lipinski definition) is 0. The highest BCUT2D eigenvalue weighted by atomic mass is 15.2. The second-order valence-corrected chi connectivity index (χ2v) is 5.16. The van der Waals surface area contributed by atoms with Crippen LogP contribution in [0.1, 0.15) is 20.3 Å². The molecule has 0 aromatic rings. The van der Waals surface area contributed by atoms with Gasteiger partial charge in [-0.15, -0.1) is 0 Å². The molecule has 0 aromatic heterocycles. The average molecular weight is 194 g/mol. The third kappa shape index (κ3) is 1.56. The molecule has 2 aliphatic heterocycles. The maximum atomic E-state index is 2.52. The number of rotatable bonds is 1. The van der Waals surface area contributed by atoms with Gasteiger partial charge >= 0.3 is 0 Å². The number of hydrogen-bond acceptors (Lipinski definition) is 2. The van der Waals surface area contributed by atoms with Crippen molar-refractivity contribution in [3.05, 3.63) is 11.8 Å². The molecule has 3 atom stereocenters. The summed E-state index contributed by atoms with van der Waals surface area (Å²) in [7, 11) is 4.45. The zero-order chi connectivity index (χ0) is 10.3. The van der Waals surface area contributed by atoms with Gasteiger partial charge in [0.05, 0.1) is 0 Å². The summed E-state index contributed by atoms with van der Waals surface area (Å²) >= 11 is 0. The molecule has 0 amide bonds. The summed E-state index contributed by atoms with van der Waals surface area (Å²) in [6.07, 6.45) is 3.72. The normalized spacial score (nSPS) is 39.3. The van der Waals surface area contributed by atoms with Crippen LogP contribution < -0.4 is 0 Å². The topological polar surface area (TPSA) is 6.48 Å². The Morgan fingerprint density at radius 2 is 2.00 bits per heavy atom. The van der Waals surface area contributed by atoms with Gasteiger partial charge in [-0.25, -0.2) is 0 Å². The molecule has 2 rings (SSSR count). The minimum Gasteiger partial charge on any atom is -0.380 e. The van der Waals surface area contributed by atoms with Crippen molar-refractivity contribution in [2.75, 3.05) is 27.2 Å². The van der Waals surface area contributed by atoms with Crippen LogP contribution in [0.15, 0.2) is 11.8 Å². The van der Waals surface area contributed by atoms with Crippen molar-refractivity contribution in [3.8, 4) is 0 Å². The van der Waals surface area contributed by atoms with Crippen molar-refractivity contribution >= 4 is 0 Å². The molecule has 2 heteroatoms. The Kier molecular flexibility index (Phi) is 2.56. The lowest BCUT2D eigenvalue weighted by Gasteiger charge is -2.26. The molecule has 14 heavy (non-hydrogen) atoms. The zero-order valence-corrected chi connectivity index (χ0v) is 9.83. The summed E-state index contributed by atoms with van der Waals surface area (Å²) in [4.78, 5) is 4.85. The van der Waals surface area contributed by atoms with Crippen molar-refractivity contribution in [2.24, 2.45) is 11.8 Å². The lowest BCUT2D eigenvalue weighted by Crippen LogP contribution is -2.32. The van der Waals surface area contributed by atoms with Crippen LogP contribution >= 0.6 is 0 Å². The van der Waals surface area contributed by atoms with E-state index in [1.807, 2.05) is 0 Å². The van der Waals surface area contributed by atoms with Gasteiger partial charge in [-0.05, 0) is 43.6 Å². The molecule has 0 spiro atoms. The van der Waals surface area contributed by atoms with E-state index in [4.69, 9.17) is 0 Å². The molecule has 0 radical (unpaired) electrons. The van der Waals surface area contributed by atoms with Gasteiger partial charge in [-0.2, -0.15) is 0 Å². The Morgan fingerprint density at radius 1 is 1.29 bits per heavy atom. The van der Waals surface area contributed by atoms with Crippen LogP contribution in [0.25, 0.3) is 0 Å². The summed E-state index contributed by atoms with van der Waals surface area (Å²) in [5, 5.41) is 0. The highest BCUT2D eigenvalue weighted by Gasteiger charge is 2.35. The second kappa shape index (κ2) is 3.58. The minimum atomic E-state index is 0.704. The van der Waals surface area contributed by atoms with Gasteiger partial charge in [-0.1, -0.05) is 13.8 Å². The third-order valence-corrected chi connectivity index (χ3v) is 3.79. The van der Waals surface area contributed by atoms with Crippen molar-refractivity contribution in [1.29, 1.82) is 0 Å². The van der Waals surface area contributed by atoms with Crippen LogP contribution in [0.5, 0.6) is 0 Å². The van der Waals surface area contributed by atoms with Gasteiger partial charge < -0.3 is 4.90 Å². The van der Waals surface area contributed by atoms with Crippen molar-refractivity contribution in [1.82, 2.24) is 9.80 Å². The number of nitrogens with zero attached hydrogens (tertiary/aromatic N) is 2. The summed E-state index contributed by atoms with van der Waals surface area (Å²) in [6, 6.07) is 0.704. The molecule has 2 aliphatic rings. The Morgan fingerprint density at radius 3 is 2.43 bits per heavy atom. The van der Waals surface area contributed by atoms with Crippen LogP contribution in [0, 0.1) is 11.8 Å². The molecule has 0 aromatic carbocycles. The van der Waals surface area contributed by atoms with E-state index in [1.54, 1.807) is 5.57 Å². The van der Waals surface area contributed by atoms with E-state index < -0.39 is 0 Å². The van der Waals surface area contributed by atoms with Crippen molar-refractivity contribution in [3.63, 3.8) is 0 Å². The third-order valence-electron chi connectivity index (χ3n) is 3.79. The fourth-order valence-corrected chi connectivity index (χ4v) is 3.06. The maximum Gasteiger partial charge on any atom is 0.0351 e. The second-order valence-electron chi connectivity index (χ2n) is 5.16. The molecule has 0 N–H and O–H groups in total. The Bertz CT molecular complexity index is 237. The first kappa shape index (κ1) is 10.0. The van der Waals surface area contributed by atoms with Crippen LogP contribution in [-0.2, 0) is 0 Å². The predicted molar refractivity (Wildman–Crippen MR) is 60.1 cm³/mol. The summed E-state index contributed by atoms with van der Waals surface area (Å²) < 4.78 is 0. The zero-order valence-electron chi connectivity index (χ0n) is 9.83. The first-order valence-electron chi connectivity index (χ1n) is 5.71. The molecule has 1 fully saturated rings. The Balaban J connectivity index is 2.17. The highest BCUT2D eigenvalue weighted by Crippen LogP contribution is 2.34. The predicted octanol–water partition coefficient (Wildman–Crippen LogP) is 1.79. The lowest BCUT2D eigenvalue weighted by atomic mass is 9.90. The van der Waals surface area contributed by atoms with Gasteiger partial charge in [0.2, 0.25) is 0 Å². The van der Waals surface area contributed by atoms with E-state index in [0.717, 1.165) is 11.8 Å². The molecular formula is C12H22N2. The largest absolute Gasteiger partial charge is 0.380 e. The SMILES string of the molecule is CC1CN(C)C=C1C1C(C)CCN1C. The summed E-state index contributed by atoms with van der Waals surface area (Å²) in [5.41, 5.74) is 1.65. The van der Waals surface area contributed by atoms with E-state index >= 15 is 0 Å². The van der Waals surface area contributed by atoms with Gasteiger partial charge in [0.1, 0.15) is 0 Å². The molecule has 0 saturated carbocycles. The fourth-order valence-electron chi connectivity index (χ4n) is 3.06. The van der Waals surface area contributed by atoms with Gasteiger partial charge in [-0.3, -0.25) is 4.90 Å². The van der Waals surface area contributed by atoms with E-state index in [0.29, 0.717) is 6.04 Å². The lowest BCUT2D eigenvalue weighted by molar-refractivity contribution is 0.302.